The lowest BCUT2D eigenvalue weighted by molar-refractivity contribution is -0.140. The molecule has 1 N–H and O–H groups in total. The van der Waals surface area contributed by atoms with E-state index in [4.69, 9.17) is 19.4 Å². The number of carbonyl (C=O) groups is 3. The Morgan fingerprint density at radius 3 is 2.53 bits per heavy atom. The molecule has 5 atom stereocenters. The summed E-state index contributed by atoms with van der Waals surface area (Å²) in [5.41, 5.74) is 1.97. The van der Waals surface area contributed by atoms with Crippen LogP contribution in [0.1, 0.15) is 106 Å². The van der Waals surface area contributed by atoms with Gasteiger partial charge >= 0.3 is 0 Å². The summed E-state index contributed by atoms with van der Waals surface area (Å²) in [4.78, 5) is 54.2. The molecule has 4 saturated carbocycles. The lowest BCUT2D eigenvalue weighted by atomic mass is 9.84. The Morgan fingerprint density at radius 2 is 1.76 bits per heavy atom. The zero-order valence-electron chi connectivity index (χ0n) is 32.1. The average molecular weight is 789 g/mol. The predicted molar refractivity (Wildman–Crippen MR) is 211 cm³/mol. The van der Waals surface area contributed by atoms with E-state index in [9.17, 15) is 22.8 Å². The molecule has 11 nitrogen and oxygen atoms in total. The minimum Gasteiger partial charge on any atom is -0.496 e. The summed E-state index contributed by atoms with van der Waals surface area (Å²) < 4.78 is 40.6. The van der Waals surface area contributed by atoms with Crippen LogP contribution in [-0.4, -0.2) is 72.9 Å². The van der Waals surface area contributed by atoms with Crippen LogP contribution in [0.15, 0.2) is 35.7 Å². The molecule has 8 rings (SSSR count). The van der Waals surface area contributed by atoms with Gasteiger partial charge in [0.1, 0.15) is 23.4 Å². The Morgan fingerprint density at radius 1 is 0.982 bits per heavy atom. The summed E-state index contributed by atoms with van der Waals surface area (Å²) in [5.74, 6) is -0.635. The highest BCUT2D eigenvalue weighted by Crippen LogP contribution is 2.58. The number of ether oxygens (including phenoxy) is 2. The lowest BCUT2D eigenvalue weighted by Gasteiger charge is -2.26. The fourth-order valence-corrected chi connectivity index (χ4v) is 11.6. The Bertz CT molecular complexity index is 2120. The van der Waals surface area contributed by atoms with Crippen LogP contribution in [-0.2, 0) is 24.4 Å². The van der Waals surface area contributed by atoms with Gasteiger partial charge in [-0.1, -0.05) is 31.4 Å². The van der Waals surface area contributed by atoms with E-state index in [1.165, 1.54) is 19.3 Å². The Balaban J connectivity index is 1.10. The van der Waals surface area contributed by atoms with Gasteiger partial charge in [0.2, 0.25) is 21.8 Å². The molecule has 0 saturated heterocycles. The van der Waals surface area contributed by atoms with Crippen LogP contribution >= 0.6 is 11.3 Å². The van der Waals surface area contributed by atoms with Crippen molar-refractivity contribution in [3.63, 3.8) is 0 Å². The topological polar surface area (TPSA) is 145 Å². The van der Waals surface area contributed by atoms with Gasteiger partial charge in [0.05, 0.1) is 45.6 Å². The molecule has 2 amide bonds. The van der Waals surface area contributed by atoms with Gasteiger partial charge < -0.3 is 14.4 Å². The molecule has 5 aliphatic rings. The molecule has 294 valence electrons. The third-order valence-electron chi connectivity index (χ3n) is 12.8. The molecule has 1 aliphatic heterocycles. The first-order valence-corrected chi connectivity index (χ1v) is 22.5. The number of nitrogens with one attached hydrogen (secondary N) is 1. The minimum atomic E-state index is -3.79. The number of methoxy groups -OCH3 is 1. The number of rotatable bonds is 8. The molecule has 0 radical (unpaired) electrons. The molecule has 4 fully saturated rings. The zero-order chi connectivity index (χ0) is 38.5. The molecular weight excluding hydrogens is 737 g/mol. The van der Waals surface area contributed by atoms with Gasteiger partial charge in [0, 0.05) is 54.2 Å². The number of allylic oxidation sites excluding steroid dienone is 2. The van der Waals surface area contributed by atoms with E-state index < -0.39 is 44.5 Å². The summed E-state index contributed by atoms with van der Waals surface area (Å²) in [5, 5.41) is 3.47. The molecule has 2 aromatic heterocycles. The minimum absolute atomic E-state index is 0.0993. The van der Waals surface area contributed by atoms with E-state index in [1.54, 1.807) is 30.4 Å². The molecule has 4 aliphatic carbocycles. The highest BCUT2D eigenvalue weighted by atomic mass is 32.2. The molecule has 55 heavy (non-hydrogen) atoms. The monoisotopic (exact) mass is 788 g/mol. The number of carbonyl (C=O) groups excluding carboxylic acids is 3. The van der Waals surface area contributed by atoms with Crippen LogP contribution in [0.3, 0.4) is 0 Å². The number of pyridine rings is 1. The number of thiazole rings is 1. The van der Waals surface area contributed by atoms with Gasteiger partial charge in [-0.15, -0.1) is 11.3 Å². The third-order valence-corrected chi connectivity index (χ3v) is 15.6. The van der Waals surface area contributed by atoms with Crippen molar-refractivity contribution in [1.82, 2.24) is 19.6 Å². The van der Waals surface area contributed by atoms with E-state index in [2.05, 4.69) is 10.1 Å². The van der Waals surface area contributed by atoms with E-state index in [0.29, 0.717) is 61.8 Å². The van der Waals surface area contributed by atoms with Crippen LogP contribution in [0.25, 0.3) is 22.3 Å². The van der Waals surface area contributed by atoms with Crippen molar-refractivity contribution >= 4 is 49.9 Å². The van der Waals surface area contributed by atoms with E-state index in [0.717, 1.165) is 59.3 Å². The first kappa shape index (κ1) is 38.1. The fourth-order valence-electron chi connectivity index (χ4n) is 9.20. The van der Waals surface area contributed by atoms with Gasteiger partial charge in [-0.3, -0.25) is 19.1 Å². The second-order valence-electron chi connectivity index (χ2n) is 16.6. The van der Waals surface area contributed by atoms with Crippen LogP contribution in [0.2, 0.25) is 0 Å². The molecule has 3 aromatic rings. The number of Topliss-reactive ketones (excluding diaryl/α,β-unsaturated/α-hetero) is 1. The Hall–Kier alpha value is -3.84. The summed E-state index contributed by atoms with van der Waals surface area (Å²) in [6.07, 6.45) is 14.0. The van der Waals surface area contributed by atoms with Crippen LogP contribution < -0.4 is 14.2 Å². The second kappa shape index (κ2) is 15.2. The normalized spacial score (nSPS) is 28.6. The standard InChI is InChI=1S/C42H52N4O7S2/c1-25-36(52-3)17-16-30-37(21-33(43-38(25)30)34-24-54-39(44-34)26-11-7-6-8-12-26)53-28-19-31-32(20-28)40(48)46(2)18-10-5-4-9-13-27-22-42(27,23-35(31)47)41(49)45-55(50,51)29-14-15-29/h9,13,16-17,21,24,26-29,31-32H,4-8,10-12,14-15,18-20,22-23H2,1-3H3,(H,45,49)/b13-9-/t27-,28-,31-,32-,42-/m1/s1. The van der Waals surface area contributed by atoms with Crippen molar-refractivity contribution in [1.29, 1.82) is 0 Å². The largest absolute Gasteiger partial charge is 0.496 e. The van der Waals surface area contributed by atoms with Crippen molar-refractivity contribution in [3.8, 4) is 22.9 Å². The molecule has 1 aromatic carbocycles. The second-order valence-corrected chi connectivity index (χ2v) is 19.4. The number of sulfonamides is 1. The fraction of sp³-hybridized carbons (Fsp3) is 0.595. The molecule has 0 unspecified atom stereocenters. The number of amides is 2. The number of benzene rings is 1. The first-order valence-electron chi connectivity index (χ1n) is 20.1. The van der Waals surface area contributed by atoms with Gasteiger partial charge in [-0.25, -0.2) is 18.4 Å². The first-order chi connectivity index (χ1) is 26.5. The number of hydrogen-bond acceptors (Lipinski definition) is 10. The van der Waals surface area contributed by atoms with Crippen molar-refractivity contribution in [2.24, 2.45) is 23.2 Å². The summed E-state index contributed by atoms with van der Waals surface area (Å²) in [7, 11) is -0.355. The van der Waals surface area contributed by atoms with Crippen LogP contribution in [0, 0.1) is 30.1 Å². The SMILES string of the molecule is COc1ccc2c(O[C@@H]3C[C@H]4C(=O)C[C@]5(C(=O)NS(=O)(=O)C6CC6)C[C@H]5/C=C\CCCCN(C)C(=O)[C@@H]4C3)cc(-c3csc(C4CCCCC4)n3)nc2c1C. The average Bonchev–Trinajstić information content (AvgIpc) is 4.06. The molecular formula is C42H52N4O7S2. The van der Waals surface area contributed by atoms with Gasteiger partial charge in [0.25, 0.3) is 0 Å². The number of nitrogens with zero attached hydrogens (tertiary/aromatic N) is 3. The maximum Gasteiger partial charge on any atom is 0.240 e. The number of ketones is 1. The van der Waals surface area contributed by atoms with Crippen molar-refractivity contribution in [2.45, 2.75) is 114 Å². The van der Waals surface area contributed by atoms with E-state index in [1.807, 2.05) is 37.3 Å². The zero-order valence-corrected chi connectivity index (χ0v) is 33.7. The summed E-state index contributed by atoms with van der Waals surface area (Å²) in [6.45, 7) is 2.56. The molecule has 0 spiro atoms. The van der Waals surface area contributed by atoms with E-state index >= 15 is 0 Å². The van der Waals surface area contributed by atoms with Crippen molar-refractivity contribution in [2.75, 3.05) is 20.7 Å². The summed E-state index contributed by atoms with van der Waals surface area (Å²) in [6, 6.07) is 5.78. The smallest absolute Gasteiger partial charge is 0.240 e. The number of fused-ring (bicyclic) bond motifs is 3. The Labute approximate surface area is 327 Å². The maximum atomic E-state index is 14.5. The maximum absolute atomic E-state index is 14.5. The van der Waals surface area contributed by atoms with Crippen LogP contribution in [0.5, 0.6) is 11.5 Å². The Kier molecular flexibility index (Phi) is 10.6. The van der Waals surface area contributed by atoms with Crippen molar-refractivity contribution < 1.29 is 32.3 Å². The molecule has 3 heterocycles. The number of aryl methyl sites for hydroxylation is 1. The van der Waals surface area contributed by atoms with Crippen LogP contribution in [0.4, 0.5) is 0 Å². The highest BCUT2D eigenvalue weighted by molar-refractivity contribution is 7.90. The van der Waals surface area contributed by atoms with E-state index in [-0.39, 0.29) is 24.0 Å². The quantitative estimate of drug-likeness (QED) is 0.233. The van der Waals surface area contributed by atoms with Crippen molar-refractivity contribution in [3.05, 3.63) is 46.3 Å². The van der Waals surface area contributed by atoms with Gasteiger partial charge in [-0.05, 0) is 89.2 Å². The highest BCUT2D eigenvalue weighted by Gasteiger charge is 2.61. The van der Waals surface area contributed by atoms with Gasteiger partial charge in [0.15, 0.2) is 0 Å². The number of hydrogen-bond donors (Lipinski definition) is 1. The lowest BCUT2D eigenvalue weighted by Crippen LogP contribution is -2.42. The molecule has 0 bridgehead atoms. The third kappa shape index (κ3) is 7.67. The molecule has 13 heteroatoms. The number of aromatic nitrogens is 2. The summed E-state index contributed by atoms with van der Waals surface area (Å²) >= 11 is 1.68. The predicted octanol–water partition coefficient (Wildman–Crippen LogP) is 7.27. The van der Waals surface area contributed by atoms with Gasteiger partial charge in [-0.2, -0.15) is 0 Å².